The van der Waals surface area contributed by atoms with Gasteiger partial charge in [-0.1, -0.05) is 6.42 Å². The average Bonchev–Trinajstić information content (AvgIpc) is 1.97. The molecule has 0 saturated carbocycles. The van der Waals surface area contributed by atoms with E-state index in [-0.39, 0.29) is 34.4 Å². The van der Waals surface area contributed by atoms with Crippen molar-refractivity contribution >= 4 is 11.9 Å². The molecule has 0 amide bonds. The molecule has 0 spiro atoms. The fraction of sp³-hybridized carbons (Fsp3) is 0.500. The van der Waals surface area contributed by atoms with Gasteiger partial charge in [-0.05, 0) is 0 Å². The Bertz CT molecular complexity index is 181. The van der Waals surface area contributed by atoms with Gasteiger partial charge in [-0.25, -0.2) is 6.04 Å². The smallest absolute Gasteiger partial charge is 0.502 e. The van der Waals surface area contributed by atoms with Crippen molar-refractivity contribution in [2.75, 3.05) is 6.54 Å². The van der Waals surface area contributed by atoms with Gasteiger partial charge in [0.05, 0.1) is 0 Å². The van der Waals surface area contributed by atoms with Gasteiger partial charge in [-0.15, -0.1) is 6.42 Å². The second-order valence-electron chi connectivity index (χ2n) is 2.24. The van der Waals surface area contributed by atoms with Crippen LogP contribution in [0.4, 0.5) is 0 Å². The van der Waals surface area contributed by atoms with Crippen LogP contribution in [0.3, 0.4) is 0 Å². The molecule has 6 nitrogen and oxygen atoms in total. The molecule has 0 aliphatic carbocycles. The Labute approximate surface area is 92.1 Å². The van der Waals surface area contributed by atoms with Crippen molar-refractivity contribution in [3.05, 3.63) is 6.04 Å². The number of nitrogens with two attached hydrogens (primary N) is 3. The minimum Gasteiger partial charge on any atom is -0.502 e. The van der Waals surface area contributed by atoms with Crippen LogP contribution in [0, 0.1) is 6.04 Å². The van der Waals surface area contributed by atoms with Crippen LogP contribution in [0.15, 0.2) is 4.99 Å². The fourth-order valence-corrected chi connectivity index (χ4v) is 0.585. The van der Waals surface area contributed by atoms with Gasteiger partial charge in [0.1, 0.15) is 0 Å². The molecule has 0 atom stereocenters. The summed E-state index contributed by atoms with van der Waals surface area (Å²) >= 11 is 0. The van der Waals surface area contributed by atoms with Crippen LogP contribution >= 0.6 is 0 Å². The first-order chi connectivity index (χ1) is 5.54. The Morgan fingerprint density at radius 1 is 1.46 bits per heavy atom. The molecule has 0 radical (unpaired) electrons. The summed E-state index contributed by atoms with van der Waals surface area (Å²) in [5.41, 5.74) is 15.2. The minimum atomic E-state index is -1.08. The predicted octanol–water partition coefficient (Wildman–Crippen LogP) is -1.39. The van der Waals surface area contributed by atoms with E-state index in [0.717, 1.165) is 0 Å². The maximum atomic E-state index is 10.2. The zero-order chi connectivity index (χ0) is 9.56. The molecule has 7 N–H and O–H groups in total. The van der Waals surface area contributed by atoms with Crippen LogP contribution in [-0.4, -0.2) is 23.6 Å². The van der Waals surface area contributed by atoms with Gasteiger partial charge in [0.2, 0.25) is 0 Å². The van der Waals surface area contributed by atoms with Gasteiger partial charge in [0.25, 0.3) is 0 Å². The first kappa shape index (κ1) is 14.8. The van der Waals surface area contributed by atoms with E-state index in [0.29, 0.717) is 19.4 Å². The molecule has 0 aromatic heterocycles. The second-order valence-corrected chi connectivity index (χ2v) is 2.24. The van der Waals surface area contributed by atoms with Crippen LogP contribution in [0.25, 0.3) is 0 Å². The summed E-state index contributed by atoms with van der Waals surface area (Å²) in [6, 6.07) is -0.0687. The van der Waals surface area contributed by atoms with E-state index >= 15 is 0 Å². The summed E-state index contributed by atoms with van der Waals surface area (Å²) < 4.78 is 0. The van der Waals surface area contributed by atoms with Crippen molar-refractivity contribution < 1.29 is 32.3 Å². The maximum Gasteiger partial charge on any atom is 1.00 e. The molecule has 0 bridgehead atoms. The van der Waals surface area contributed by atoms with Crippen LogP contribution < -0.4 is 17.2 Å². The number of carbonyl (C=O) groups is 1. The molecule has 0 heterocycles. The molecule has 0 fully saturated rings. The fourth-order valence-electron chi connectivity index (χ4n) is 0.585. The molecule has 0 aromatic rings. The zero-order valence-electron chi connectivity index (χ0n) is 6.96. The third-order valence-electron chi connectivity index (χ3n) is 1.17. The maximum absolute atomic E-state index is 10.2. The summed E-state index contributed by atoms with van der Waals surface area (Å²) in [6.07, 6.45) is 0.835. The van der Waals surface area contributed by atoms with E-state index in [4.69, 9.17) is 22.3 Å². The van der Waals surface area contributed by atoms with E-state index in [1.54, 1.807) is 0 Å². The van der Waals surface area contributed by atoms with Crippen molar-refractivity contribution in [2.24, 2.45) is 22.2 Å². The van der Waals surface area contributed by atoms with Gasteiger partial charge >= 0.3 is 22.4 Å². The number of hydrogen-bond donors (Lipinski definition) is 4. The molecule has 0 rings (SSSR count). The SMILES string of the molecule is NC(N)=NCCC[C-](N)C(=O)O.[Au+]. The number of aliphatic imine (C=N–C) groups is 1. The van der Waals surface area contributed by atoms with E-state index in [2.05, 4.69) is 4.99 Å². The molecular formula is C6H13AuN4O2. The van der Waals surface area contributed by atoms with Gasteiger partial charge in [0, 0.05) is 6.54 Å². The van der Waals surface area contributed by atoms with E-state index < -0.39 is 5.97 Å². The first-order valence-electron chi connectivity index (χ1n) is 3.44. The number of rotatable bonds is 5. The van der Waals surface area contributed by atoms with Gasteiger partial charge in [-0.3, -0.25) is 9.79 Å². The summed E-state index contributed by atoms with van der Waals surface area (Å²) in [4.78, 5) is 13.8. The van der Waals surface area contributed by atoms with Crippen LogP contribution in [0.2, 0.25) is 0 Å². The topological polar surface area (TPSA) is 128 Å². The summed E-state index contributed by atoms with van der Waals surface area (Å²) in [7, 11) is 0. The Balaban J connectivity index is 0. The molecule has 0 aromatic carbocycles. The number of aliphatic carboxylic acids is 1. The summed E-state index contributed by atoms with van der Waals surface area (Å²) in [6.45, 7) is 0.399. The minimum absolute atomic E-state index is 0. The normalized spacial score (nSPS) is 8.38. The second kappa shape index (κ2) is 7.93. The van der Waals surface area contributed by atoms with Crippen molar-refractivity contribution in [3.63, 3.8) is 0 Å². The molecule has 0 saturated heterocycles. The van der Waals surface area contributed by atoms with Crippen molar-refractivity contribution in [1.82, 2.24) is 0 Å². The summed E-state index contributed by atoms with van der Waals surface area (Å²) in [5, 5.41) is 8.34. The van der Waals surface area contributed by atoms with Crippen molar-refractivity contribution in [2.45, 2.75) is 12.8 Å². The number of hydrogen-bond acceptors (Lipinski definition) is 3. The third-order valence-corrected chi connectivity index (χ3v) is 1.17. The number of carboxylic acid groups (broad SMARTS) is 1. The quantitative estimate of drug-likeness (QED) is 0.156. The number of guanidine groups is 1. The first-order valence-corrected chi connectivity index (χ1v) is 3.44. The van der Waals surface area contributed by atoms with Gasteiger partial charge in [-0.2, -0.15) is 0 Å². The zero-order valence-corrected chi connectivity index (χ0v) is 9.12. The Kier molecular flexibility index (Phi) is 9.04. The number of carboxylic acids is 1. The van der Waals surface area contributed by atoms with E-state index in [1.165, 1.54) is 0 Å². The molecule has 0 aliphatic heterocycles. The van der Waals surface area contributed by atoms with Crippen LogP contribution in [0.1, 0.15) is 12.8 Å². The molecule has 0 aliphatic rings. The number of nitrogens with zero attached hydrogens (tertiary/aromatic N) is 1. The van der Waals surface area contributed by atoms with E-state index in [1.807, 2.05) is 0 Å². The predicted molar refractivity (Wildman–Crippen MR) is 45.0 cm³/mol. The monoisotopic (exact) mass is 370 g/mol. The van der Waals surface area contributed by atoms with Crippen LogP contribution in [0.5, 0.6) is 0 Å². The molecule has 80 valence electrons. The third kappa shape index (κ3) is 9.22. The molecule has 7 heteroatoms. The van der Waals surface area contributed by atoms with Gasteiger partial charge in [0.15, 0.2) is 11.9 Å². The Hall–Kier alpha value is -0.690. The summed E-state index contributed by atoms with van der Waals surface area (Å²) in [5.74, 6) is -1.08. The van der Waals surface area contributed by atoms with Crippen molar-refractivity contribution in [3.8, 4) is 0 Å². The largest absolute Gasteiger partial charge is 1.00 e. The molecule has 0 unspecified atom stereocenters. The van der Waals surface area contributed by atoms with E-state index in [9.17, 15) is 4.79 Å². The average molecular weight is 370 g/mol. The van der Waals surface area contributed by atoms with Gasteiger partial charge < -0.3 is 22.3 Å². The molecular weight excluding hydrogens is 357 g/mol. The standard InChI is InChI=1S/C6H13N4O2.Au/c7-4(5(11)12)2-1-3-10-6(8)9;/h1-3,7H2,(H,11,12)(H4,8,9,10);/q-1;+1. The van der Waals surface area contributed by atoms with Crippen LogP contribution in [-0.2, 0) is 27.2 Å². The van der Waals surface area contributed by atoms with Crippen molar-refractivity contribution in [1.29, 1.82) is 0 Å². The Morgan fingerprint density at radius 2 is 2.00 bits per heavy atom. The Morgan fingerprint density at radius 3 is 2.38 bits per heavy atom. The molecule has 13 heavy (non-hydrogen) atoms.